The van der Waals surface area contributed by atoms with E-state index in [2.05, 4.69) is 5.32 Å². The molecule has 1 saturated heterocycles. The summed E-state index contributed by atoms with van der Waals surface area (Å²) in [5.74, 6) is -0.122. The highest BCUT2D eigenvalue weighted by atomic mass is 32.2. The minimum absolute atomic E-state index is 0.0682. The second-order valence-corrected chi connectivity index (χ2v) is 7.72. The van der Waals surface area contributed by atoms with E-state index in [-0.39, 0.29) is 36.0 Å². The van der Waals surface area contributed by atoms with Crippen LogP contribution in [0.5, 0.6) is 11.5 Å². The summed E-state index contributed by atoms with van der Waals surface area (Å²) in [7, 11) is -2.36. The molecule has 27 heavy (non-hydrogen) atoms. The summed E-state index contributed by atoms with van der Waals surface area (Å²) in [4.78, 5) is 23.8. The zero-order chi connectivity index (χ0) is 19.4. The number of amides is 1. The topological polar surface area (TPSA) is 102 Å². The molecule has 8 nitrogen and oxygen atoms in total. The molecular formula is C18H18N2O6S. The Balaban J connectivity index is 1.79. The van der Waals surface area contributed by atoms with Crippen molar-refractivity contribution in [3.63, 3.8) is 0 Å². The average Bonchev–Trinajstić information content (AvgIpc) is 2.68. The van der Waals surface area contributed by atoms with Crippen LogP contribution in [-0.2, 0) is 14.8 Å². The number of carbonyl (C=O) groups is 2. The van der Waals surface area contributed by atoms with Crippen LogP contribution in [0.25, 0.3) is 0 Å². The van der Waals surface area contributed by atoms with Crippen LogP contribution < -0.4 is 14.8 Å². The van der Waals surface area contributed by atoms with Crippen molar-refractivity contribution in [2.75, 3.05) is 26.7 Å². The minimum atomic E-state index is -3.88. The van der Waals surface area contributed by atoms with Crippen molar-refractivity contribution in [1.82, 2.24) is 9.62 Å². The molecule has 1 N–H and O–H groups in total. The summed E-state index contributed by atoms with van der Waals surface area (Å²) in [6.07, 6.45) is 0. The molecule has 1 aliphatic heterocycles. The van der Waals surface area contributed by atoms with Crippen LogP contribution in [-0.4, -0.2) is 51.3 Å². The second-order valence-electron chi connectivity index (χ2n) is 5.78. The van der Waals surface area contributed by atoms with Gasteiger partial charge in [0.15, 0.2) is 0 Å². The van der Waals surface area contributed by atoms with Crippen molar-refractivity contribution in [2.24, 2.45) is 0 Å². The Morgan fingerprint density at radius 3 is 2.48 bits per heavy atom. The standard InChI is InChI=1S/C18H18N2O6S/c1-25-14-5-7-15(8-6-14)26-18(22)13-3-2-4-16(11-13)27(23,24)20-10-9-19-17(21)12-20/h2-8,11H,9-10,12H2,1H3,(H,19,21). The van der Waals surface area contributed by atoms with Crippen molar-refractivity contribution in [3.05, 3.63) is 54.1 Å². The predicted octanol–water partition coefficient (Wildman–Crippen LogP) is 1.03. The van der Waals surface area contributed by atoms with E-state index in [0.29, 0.717) is 11.5 Å². The van der Waals surface area contributed by atoms with Crippen LogP contribution in [0.1, 0.15) is 10.4 Å². The summed E-state index contributed by atoms with van der Waals surface area (Å²) >= 11 is 0. The SMILES string of the molecule is COc1ccc(OC(=O)c2cccc(S(=O)(=O)N3CCNC(=O)C3)c2)cc1. The van der Waals surface area contributed by atoms with Crippen molar-refractivity contribution in [1.29, 1.82) is 0 Å². The first-order chi connectivity index (χ1) is 12.9. The first-order valence-corrected chi connectivity index (χ1v) is 9.57. The van der Waals surface area contributed by atoms with Gasteiger partial charge in [-0.05, 0) is 42.5 Å². The first kappa shape index (κ1) is 18.9. The van der Waals surface area contributed by atoms with E-state index in [1.807, 2.05) is 0 Å². The van der Waals surface area contributed by atoms with Gasteiger partial charge in [-0.15, -0.1) is 0 Å². The van der Waals surface area contributed by atoms with Gasteiger partial charge in [0.1, 0.15) is 11.5 Å². The molecule has 3 rings (SSSR count). The predicted molar refractivity (Wildman–Crippen MR) is 96.2 cm³/mol. The van der Waals surface area contributed by atoms with Crippen LogP contribution in [0.4, 0.5) is 0 Å². The molecule has 0 bridgehead atoms. The summed E-state index contributed by atoms with van der Waals surface area (Å²) < 4.78 is 36.8. The lowest BCUT2D eigenvalue weighted by molar-refractivity contribution is -0.122. The lowest BCUT2D eigenvalue weighted by atomic mass is 10.2. The summed E-state index contributed by atoms with van der Waals surface area (Å²) in [5.41, 5.74) is 0.0911. The van der Waals surface area contributed by atoms with Crippen LogP contribution in [0.2, 0.25) is 0 Å². The largest absolute Gasteiger partial charge is 0.497 e. The van der Waals surface area contributed by atoms with E-state index < -0.39 is 16.0 Å². The maximum atomic E-state index is 12.7. The number of hydrogen-bond donors (Lipinski definition) is 1. The molecule has 1 fully saturated rings. The Morgan fingerprint density at radius 2 is 1.81 bits per heavy atom. The molecule has 0 spiro atoms. The zero-order valence-corrected chi connectivity index (χ0v) is 15.4. The molecule has 1 heterocycles. The van der Waals surface area contributed by atoms with Crippen molar-refractivity contribution in [2.45, 2.75) is 4.90 Å². The number of hydrogen-bond acceptors (Lipinski definition) is 6. The van der Waals surface area contributed by atoms with Gasteiger partial charge in [-0.3, -0.25) is 4.79 Å². The molecule has 0 saturated carbocycles. The number of sulfonamides is 1. The van der Waals surface area contributed by atoms with E-state index in [1.165, 1.54) is 31.4 Å². The molecule has 0 aromatic heterocycles. The summed E-state index contributed by atoms with van der Waals surface area (Å²) in [6.45, 7) is 0.175. The lowest BCUT2D eigenvalue weighted by Gasteiger charge is -2.26. The van der Waals surface area contributed by atoms with Crippen LogP contribution in [0.3, 0.4) is 0 Å². The van der Waals surface area contributed by atoms with Gasteiger partial charge < -0.3 is 14.8 Å². The van der Waals surface area contributed by atoms with Gasteiger partial charge in [-0.25, -0.2) is 13.2 Å². The van der Waals surface area contributed by atoms with Crippen LogP contribution in [0, 0.1) is 0 Å². The van der Waals surface area contributed by atoms with E-state index >= 15 is 0 Å². The smallest absolute Gasteiger partial charge is 0.343 e. The fraction of sp³-hybridized carbons (Fsp3) is 0.222. The number of methoxy groups -OCH3 is 1. The minimum Gasteiger partial charge on any atom is -0.497 e. The highest BCUT2D eigenvalue weighted by Crippen LogP contribution is 2.21. The molecular weight excluding hydrogens is 372 g/mol. The maximum absolute atomic E-state index is 12.7. The molecule has 1 aliphatic rings. The molecule has 9 heteroatoms. The van der Waals surface area contributed by atoms with E-state index in [4.69, 9.17) is 9.47 Å². The number of ether oxygens (including phenoxy) is 2. The third-order valence-corrected chi connectivity index (χ3v) is 5.82. The number of piperazine rings is 1. The number of nitrogens with zero attached hydrogens (tertiary/aromatic N) is 1. The van der Waals surface area contributed by atoms with Gasteiger partial charge in [-0.1, -0.05) is 6.07 Å². The Hall–Kier alpha value is -2.91. The third-order valence-electron chi connectivity index (χ3n) is 3.98. The van der Waals surface area contributed by atoms with Crippen LogP contribution >= 0.6 is 0 Å². The van der Waals surface area contributed by atoms with Gasteiger partial charge in [0.2, 0.25) is 15.9 Å². The van der Waals surface area contributed by atoms with Crippen molar-refractivity contribution in [3.8, 4) is 11.5 Å². The molecule has 0 aliphatic carbocycles. The second kappa shape index (κ2) is 7.77. The monoisotopic (exact) mass is 390 g/mol. The molecule has 142 valence electrons. The Bertz CT molecular complexity index is 956. The van der Waals surface area contributed by atoms with Gasteiger partial charge in [0.05, 0.1) is 24.1 Å². The number of rotatable bonds is 5. The third kappa shape index (κ3) is 4.26. The normalized spacial score (nSPS) is 15.1. The van der Waals surface area contributed by atoms with Gasteiger partial charge >= 0.3 is 5.97 Å². The summed E-state index contributed by atoms with van der Waals surface area (Å²) in [5, 5.41) is 2.57. The first-order valence-electron chi connectivity index (χ1n) is 8.13. The van der Waals surface area contributed by atoms with E-state index in [0.717, 1.165) is 4.31 Å². The van der Waals surface area contributed by atoms with Crippen molar-refractivity contribution >= 4 is 21.9 Å². The van der Waals surface area contributed by atoms with Gasteiger partial charge in [0.25, 0.3) is 0 Å². The highest BCUT2D eigenvalue weighted by Gasteiger charge is 2.29. The molecule has 0 radical (unpaired) electrons. The number of esters is 1. The fourth-order valence-corrected chi connectivity index (χ4v) is 4.01. The van der Waals surface area contributed by atoms with Crippen LogP contribution in [0.15, 0.2) is 53.4 Å². The van der Waals surface area contributed by atoms with Crippen molar-refractivity contribution < 1.29 is 27.5 Å². The quantitative estimate of drug-likeness (QED) is 0.604. The average molecular weight is 390 g/mol. The van der Waals surface area contributed by atoms with Gasteiger partial charge in [-0.2, -0.15) is 4.31 Å². The molecule has 0 unspecified atom stereocenters. The molecule has 1 amide bonds. The number of benzene rings is 2. The summed E-state index contributed by atoms with van der Waals surface area (Å²) in [6, 6.07) is 12.0. The molecule has 2 aromatic carbocycles. The van der Waals surface area contributed by atoms with Gasteiger partial charge in [0, 0.05) is 13.1 Å². The number of carbonyl (C=O) groups excluding carboxylic acids is 2. The van der Waals surface area contributed by atoms with E-state index in [9.17, 15) is 18.0 Å². The zero-order valence-electron chi connectivity index (χ0n) is 14.5. The Morgan fingerprint density at radius 1 is 1.11 bits per heavy atom. The molecule has 2 aromatic rings. The highest BCUT2D eigenvalue weighted by molar-refractivity contribution is 7.89. The fourth-order valence-electron chi connectivity index (χ4n) is 2.56. The molecule has 0 atom stereocenters. The van der Waals surface area contributed by atoms with E-state index in [1.54, 1.807) is 24.3 Å². The lowest BCUT2D eigenvalue weighted by Crippen LogP contribution is -2.49. The maximum Gasteiger partial charge on any atom is 0.343 e. The Labute approximate surface area is 156 Å². The Kier molecular flexibility index (Phi) is 5.43. The number of nitrogens with one attached hydrogen (secondary N) is 1.